The first-order valence-electron chi connectivity index (χ1n) is 3.68. The van der Waals surface area contributed by atoms with Gasteiger partial charge in [0.1, 0.15) is 0 Å². The van der Waals surface area contributed by atoms with Gasteiger partial charge in [-0.15, -0.1) is 16.3 Å². The van der Waals surface area contributed by atoms with E-state index in [4.69, 9.17) is 12.6 Å². The van der Waals surface area contributed by atoms with E-state index < -0.39 is 0 Å². The summed E-state index contributed by atoms with van der Waals surface area (Å²) in [6.45, 7) is 5.63. The molecule has 0 saturated heterocycles. The van der Waals surface area contributed by atoms with Crippen LogP contribution in [0, 0.1) is 121 Å². The van der Waals surface area contributed by atoms with Crippen molar-refractivity contribution in [3.8, 4) is 0 Å². The van der Waals surface area contributed by atoms with Gasteiger partial charge in [-0.1, -0.05) is 33.5 Å². The Morgan fingerprint density at radius 1 is 1.06 bits per heavy atom. The molecule has 0 aromatic rings. The number of hydrogen-bond acceptors (Lipinski definition) is 6. The zero-order valence-corrected chi connectivity index (χ0v) is 23.9. The van der Waals surface area contributed by atoms with Crippen LogP contribution >= 0.6 is 48.0 Å². The molecule has 109 valence electrons. The van der Waals surface area contributed by atoms with Crippen molar-refractivity contribution in [1.29, 1.82) is 0 Å². The van der Waals surface area contributed by atoms with Gasteiger partial charge in [-0.3, -0.25) is 0 Å². The molecule has 0 aromatic carbocycles. The van der Waals surface area contributed by atoms with E-state index in [-0.39, 0.29) is 129 Å². The summed E-state index contributed by atoms with van der Waals surface area (Å²) < 4.78 is 1.97. The number of thioether (sulfide) groups is 2. The van der Waals surface area contributed by atoms with E-state index in [1.165, 1.54) is 0 Å². The molecular formula is C9H20Pm3S6-2. The van der Waals surface area contributed by atoms with Crippen molar-refractivity contribution in [2.45, 2.75) is 32.8 Å². The van der Waals surface area contributed by atoms with Crippen molar-refractivity contribution >= 4 is 81.6 Å². The van der Waals surface area contributed by atoms with Gasteiger partial charge in [0.2, 0.25) is 0 Å². The molecule has 0 rings (SSSR count). The van der Waals surface area contributed by atoms with Crippen LogP contribution in [-0.2, 0) is 25.3 Å². The smallest absolute Gasteiger partial charge is 0.0444 e. The van der Waals surface area contributed by atoms with Crippen LogP contribution < -0.4 is 0 Å². The maximum absolute atomic E-state index is 4.74. The molecule has 0 aliphatic rings. The second-order valence-corrected chi connectivity index (χ2v) is 7.55. The second-order valence-electron chi connectivity index (χ2n) is 1.99. The average Bonchev–Trinajstić information content (AvgIpc) is 2.04. The molecule has 0 fully saturated rings. The first-order chi connectivity index (χ1) is 6.27. The summed E-state index contributed by atoms with van der Waals surface area (Å²) in [5.41, 5.74) is 0. The minimum absolute atomic E-state index is 0. The van der Waals surface area contributed by atoms with Crippen molar-refractivity contribution in [3.05, 3.63) is 0 Å². The summed E-state index contributed by atoms with van der Waals surface area (Å²) in [7, 11) is 0. The third-order valence-corrected chi connectivity index (χ3v) is 2.94. The molecule has 0 aromatic heterocycles. The fourth-order valence-corrected chi connectivity index (χ4v) is 0. The molecular weight excluding hydrogens is 736 g/mol. The Bertz CT molecular complexity index is 151. The fourth-order valence-electron chi connectivity index (χ4n) is 0. The van der Waals surface area contributed by atoms with E-state index >= 15 is 0 Å². The van der Waals surface area contributed by atoms with Gasteiger partial charge in [0, 0.05) is 125 Å². The second kappa shape index (κ2) is 38.2. The van der Waals surface area contributed by atoms with Crippen LogP contribution in [0.15, 0.2) is 0 Å². The average molecular weight is 756 g/mol. The molecule has 9 heteroatoms. The van der Waals surface area contributed by atoms with Gasteiger partial charge in [0.05, 0.1) is 0 Å². The number of rotatable bonds is 1. The van der Waals surface area contributed by atoms with Gasteiger partial charge < -0.3 is 37.5 Å². The Morgan fingerprint density at radius 3 is 1.17 bits per heavy atom. The zero-order chi connectivity index (χ0) is 12.1. The van der Waals surface area contributed by atoms with E-state index in [0.29, 0.717) is 8.78 Å². The van der Waals surface area contributed by atoms with Gasteiger partial charge in [-0.2, -0.15) is 16.0 Å². The van der Waals surface area contributed by atoms with Crippen LogP contribution in [0.4, 0.5) is 0 Å². The normalized spacial score (nSPS) is 7.67. The molecule has 0 amide bonds. The molecule has 0 aliphatic heterocycles. The monoisotopic (exact) mass is 755 g/mol. The molecule has 1 atom stereocenters. The van der Waals surface area contributed by atoms with Crippen molar-refractivity contribution in [1.82, 2.24) is 0 Å². The standard InChI is InChI=1S/C3H8S2.C3H6S2.C2H4S2.CH4.3Pm/c2*1-3(4)5-2;1-2(3)4;;;;/h3-4H,1-2H3;1-2H3;1H3,(H,3,4);1H4;;;/p-2. The van der Waals surface area contributed by atoms with Crippen LogP contribution in [0.1, 0.15) is 28.2 Å². The topological polar surface area (TPSA) is 0 Å². The molecule has 0 heterocycles. The van der Waals surface area contributed by atoms with Crippen LogP contribution in [0.3, 0.4) is 0 Å². The summed E-state index contributed by atoms with van der Waals surface area (Å²) in [5.74, 6) is 0. The Labute approximate surface area is 242 Å². The quantitative estimate of drug-likeness (QED) is 0.285. The summed E-state index contributed by atoms with van der Waals surface area (Å²) in [5, 5.41) is 0. The van der Waals surface area contributed by atoms with Gasteiger partial charge in [0.25, 0.3) is 0 Å². The van der Waals surface area contributed by atoms with E-state index in [9.17, 15) is 0 Å². The first kappa shape index (κ1) is 43.7. The molecule has 3 radical (unpaired) electrons. The van der Waals surface area contributed by atoms with E-state index in [2.05, 4.69) is 37.1 Å². The van der Waals surface area contributed by atoms with Crippen LogP contribution in [0.5, 0.6) is 0 Å². The minimum atomic E-state index is 0. The van der Waals surface area contributed by atoms with Crippen molar-refractivity contribution < 1.29 is 121 Å². The van der Waals surface area contributed by atoms with Gasteiger partial charge >= 0.3 is 0 Å². The predicted molar refractivity (Wildman–Crippen MR) is 94.5 cm³/mol. The summed E-state index contributed by atoms with van der Waals surface area (Å²) in [6.07, 6.45) is 3.99. The summed E-state index contributed by atoms with van der Waals surface area (Å²) in [4.78, 5) is 0. The maximum Gasteiger partial charge on any atom is 0.0444 e. The molecule has 0 spiro atoms. The molecule has 18 heavy (non-hydrogen) atoms. The largest absolute Gasteiger partial charge is 0.779 e. The van der Waals surface area contributed by atoms with E-state index in [1.54, 1.807) is 30.4 Å². The molecule has 0 bridgehead atoms. The van der Waals surface area contributed by atoms with Crippen LogP contribution in [-0.4, -0.2) is 25.5 Å². The Balaban J connectivity index is -0.0000000183. The molecule has 0 N–H and O–H groups in total. The number of thiocarbonyl (C=S) groups is 2. The van der Waals surface area contributed by atoms with Crippen LogP contribution in [0.2, 0.25) is 0 Å². The third kappa shape index (κ3) is 100. The van der Waals surface area contributed by atoms with E-state index in [0.717, 1.165) is 4.20 Å². The van der Waals surface area contributed by atoms with Gasteiger partial charge in [0.15, 0.2) is 0 Å². The van der Waals surface area contributed by atoms with Crippen LogP contribution in [0.25, 0.3) is 0 Å². The van der Waals surface area contributed by atoms with Gasteiger partial charge in [-0.05, 0) is 19.4 Å². The molecule has 0 saturated carbocycles. The Morgan fingerprint density at radius 2 is 1.17 bits per heavy atom. The van der Waals surface area contributed by atoms with E-state index in [1.807, 2.05) is 26.4 Å². The first-order valence-corrected chi connectivity index (χ1v) is 7.89. The maximum atomic E-state index is 4.74. The predicted octanol–water partition coefficient (Wildman–Crippen LogP) is 4.46. The Kier molecular flexibility index (Phi) is 92.7. The van der Waals surface area contributed by atoms with Gasteiger partial charge in [-0.25, -0.2) is 0 Å². The number of hydrogen-bond donors (Lipinski definition) is 0. The third-order valence-electron chi connectivity index (χ3n) is 0.619. The summed E-state index contributed by atoms with van der Waals surface area (Å²) >= 11 is 21.4. The van der Waals surface area contributed by atoms with Crippen molar-refractivity contribution in [2.75, 3.05) is 12.5 Å². The fraction of sp³-hybridized carbons (Fsp3) is 0.778. The summed E-state index contributed by atoms with van der Waals surface area (Å²) in [6, 6.07) is 0. The van der Waals surface area contributed by atoms with Crippen molar-refractivity contribution in [3.63, 3.8) is 0 Å². The SMILES string of the molecule is C.CC(=S)[S-].CSC(C)=S.CSC(C)[S-].[Pm].[Pm].[Pm]. The Hall–Kier alpha value is 5.46. The van der Waals surface area contributed by atoms with Crippen molar-refractivity contribution in [2.24, 2.45) is 0 Å². The molecule has 0 nitrogen and oxygen atoms in total. The molecule has 1 unspecified atom stereocenters. The minimum Gasteiger partial charge on any atom is -0.779 e. The zero-order valence-electron chi connectivity index (χ0n) is 10.4. The molecule has 0 aliphatic carbocycles.